The van der Waals surface area contributed by atoms with Crippen LogP contribution in [0.5, 0.6) is 0 Å². The van der Waals surface area contributed by atoms with E-state index in [1.807, 2.05) is 6.92 Å². The third kappa shape index (κ3) is 3.59. The van der Waals surface area contributed by atoms with Crippen LogP contribution < -0.4 is 5.32 Å². The van der Waals surface area contributed by atoms with Gasteiger partial charge < -0.3 is 10.2 Å². The molecule has 20 heavy (non-hydrogen) atoms. The molecule has 1 aliphatic heterocycles. The fourth-order valence-corrected chi connectivity index (χ4v) is 2.30. The summed E-state index contributed by atoms with van der Waals surface area (Å²) in [7, 11) is 0. The summed E-state index contributed by atoms with van der Waals surface area (Å²) < 4.78 is 0. The lowest BCUT2D eigenvalue weighted by Gasteiger charge is -2.31. The molecular weight excluding hydrogens is 305 g/mol. The maximum Gasteiger partial charge on any atom is 0.282 e. The van der Waals surface area contributed by atoms with Gasteiger partial charge in [-0.3, -0.25) is 14.9 Å². The predicted octanol–water partition coefficient (Wildman–Crippen LogP) is 2.10. The Morgan fingerprint density at radius 3 is 2.85 bits per heavy atom. The van der Waals surface area contributed by atoms with Gasteiger partial charge in [0.25, 0.3) is 11.6 Å². The number of nitrogens with one attached hydrogen (secondary N) is 1. The molecule has 110 valence electrons. The van der Waals surface area contributed by atoms with Gasteiger partial charge in [0.2, 0.25) is 0 Å². The van der Waals surface area contributed by atoms with Crippen molar-refractivity contribution in [1.82, 2.24) is 10.2 Å². The Morgan fingerprint density at radius 1 is 1.55 bits per heavy atom. The van der Waals surface area contributed by atoms with E-state index in [-0.39, 0.29) is 35.6 Å². The van der Waals surface area contributed by atoms with Crippen LogP contribution in [0.2, 0.25) is 5.02 Å². The summed E-state index contributed by atoms with van der Waals surface area (Å²) in [4.78, 5) is 24.4. The summed E-state index contributed by atoms with van der Waals surface area (Å²) in [5, 5.41) is 14.5. The molecular formula is C12H15Cl2N3O3. The third-order valence-corrected chi connectivity index (χ3v) is 3.28. The Labute approximate surface area is 127 Å². The molecule has 0 spiro atoms. The maximum atomic E-state index is 12.4. The highest BCUT2D eigenvalue weighted by atomic mass is 35.5. The molecule has 1 aromatic carbocycles. The zero-order valence-corrected chi connectivity index (χ0v) is 12.4. The highest BCUT2D eigenvalue weighted by Crippen LogP contribution is 2.24. The lowest BCUT2D eigenvalue weighted by Crippen LogP contribution is -2.51. The monoisotopic (exact) mass is 319 g/mol. The zero-order valence-electron chi connectivity index (χ0n) is 10.8. The lowest BCUT2D eigenvalue weighted by atomic mass is 10.1. The number of rotatable bonds is 2. The van der Waals surface area contributed by atoms with E-state index in [9.17, 15) is 14.9 Å². The van der Waals surface area contributed by atoms with Crippen LogP contribution in [0.4, 0.5) is 5.69 Å². The van der Waals surface area contributed by atoms with E-state index in [2.05, 4.69) is 5.32 Å². The number of hydrogen-bond donors (Lipinski definition) is 1. The largest absolute Gasteiger partial charge is 0.336 e. The van der Waals surface area contributed by atoms with E-state index in [4.69, 9.17) is 11.6 Å². The topological polar surface area (TPSA) is 75.5 Å². The zero-order chi connectivity index (χ0) is 14.0. The predicted molar refractivity (Wildman–Crippen MR) is 78.7 cm³/mol. The Bertz CT molecular complexity index is 525. The molecule has 1 amide bonds. The van der Waals surface area contributed by atoms with Gasteiger partial charge >= 0.3 is 0 Å². The van der Waals surface area contributed by atoms with Crippen molar-refractivity contribution in [1.29, 1.82) is 0 Å². The van der Waals surface area contributed by atoms with Gasteiger partial charge in [-0.2, -0.15) is 0 Å². The molecule has 0 aliphatic carbocycles. The molecule has 1 aromatic rings. The van der Waals surface area contributed by atoms with E-state index in [0.717, 1.165) is 0 Å². The first kappa shape index (κ1) is 16.7. The minimum absolute atomic E-state index is 0. The number of piperazine rings is 1. The van der Waals surface area contributed by atoms with Crippen molar-refractivity contribution < 1.29 is 9.72 Å². The second kappa shape index (κ2) is 6.88. The van der Waals surface area contributed by atoms with Gasteiger partial charge in [-0.05, 0) is 19.1 Å². The first-order valence-electron chi connectivity index (χ1n) is 5.95. The Hall–Kier alpha value is -1.37. The Balaban J connectivity index is 0.00000200. The molecule has 8 heteroatoms. The van der Waals surface area contributed by atoms with Crippen molar-refractivity contribution in [3.05, 3.63) is 38.9 Å². The average Bonchev–Trinajstić information content (AvgIpc) is 2.37. The minimum atomic E-state index is -0.560. The highest BCUT2D eigenvalue weighted by molar-refractivity contribution is 6.31. The van der Waals surface area contributed by atoms with Crippen molar-refractivity contribution in [2.75, 3.05) is 19.6 Å². The average molecular weight is 320 g/mol. The number of nitro benzene ring substituents is 1. The number of carbonyl (C=O) groups is 1. The molecule has 1 atom stereocenters. The van der Waals surface area contributed by atoms with Crippen LogP contribution in [0.3, 0.4) is 0 Å². The fraction of sp³-hybridized carbons (Fsp3) is 0.417. The van der Waals surface area contributed by atoms with E-state index in [1.54, 1.807) is 4.90 Å². The molecule has 2 rings (SSSR count). The van der Waals surface area contributed by atoms with Gasteiger partial charge in [-0.1, -0.05) is 11.6 Å². The highest BCUT2D eigenvalue weighted by Gasteiger charge is 2.27. The summed E-state index contributed by atoms with van der Waals surface area (Å²) in [5.74, 6) is -0.345. The van der Waals surface area contributed by atoms with Crippen LogP contribution in [0.15, 0.2) is 18.2 Å². The maximum absolute atomic E-state index is 12.4. The molecule has 0 aromatic heterocycles. The molecule has 1 fully saturated rings. The van der Waals surface area contributed by atoms with Crippen LogP contribution >= 0.6 is 24.0 Å². The van der Waals surface area contributed by atoms with Crippen LogP contribution in [0.25, 0.3) is 0 Å². The SMILES string of the molecule is C[C@H]1CN(C(=O)c2cc(Cl)ccc2[N+](=O)[O-])CCN1.Cl. The van der Waals surface area contributed by atoms with Crippen LogP contribution in [0.1, 0.15) is 17.3 Å². The van der Waals surface area contributed by atoms with E-state index in [1.165, 1.54) is 18.2 Å². The van der Waals surface area contributed by atoms with E-state index < -0.39 is 4.92 Å². The summed E-state index contributed by atoms with van der Waals surface area (Å²) >= 11 is 5.83. The van der Waals surface area contributed by atoms with E-state index >= 15 is 0 Å². The first-order chi connectivity index (χ1) is 8.99. The van der Waals surface area contributed by atoms with Gasteiger partial charge in [0.05, 0.1) is 4.92 Å². The number of benzene rings is 1. The molecule has 1 heterocycles. The molecule has 1 saturated heterocycles. The standard InChI is InChI=1S/C12H14ClN3O3.ClH/c1-8-7-15(5-4-14-8)12(17)10-6-9(13)2-3-11(10)16(18)19;/h2-3,6,8,14H,4-5,7H2,1H3;1H/t8-;/m0./s1. The van der Waals surface area contributed by atoms with E-state index in [0.29, 0.717) is 24.7 Å². The molecule has 0 saturated carbocycles. The molecule has 1 N–H and O–H groups in total. The second-order valence-electron chi connectivity index (χ2n) is 4.52. The lowest BCUT2D eigenvalue weighted by molar-refractivity contribution is -0.385. The Kier molecular flexibility index (Phi) is 5.74. The van der Waals surface area contributed by atoms with Crippen LogP contribution in [-0.4, -0.2) is 41.4 Å². The molecule has 0 bridgehead atoms. The van der Waals surface area contributed by atoms with Crippen molar-refractivity contribution in [3.63, 3.8) is 0 Å². The minimum Gasteiger partial charge on any atom is -0.336 e. The first-order valence-corrected chi connectivity index (χ1v) is 6.33. The number of carbonyl (C=O) groups excluding carboxylic acids is 1. The molecule has 6 nitrogen and oxygen atoms in total. The van der Waals surface area contributed by atoms with Gasteiger partial charge in [0, 0.05) is 36.8 Å². The summed E-state index contributed by atoms with van der Waals surface area (Å²) in [5.41, 5.74) is -0.160. The number of nitro groups is 1. The van der Waals surface area contributed by atoms with Crippen molar-refractivity contribution >= 4 is 35.6 Å². The van der Waals surface area contributed by atoms with Crippen molar-refractivity contribution in [3.8, 4) is 0 Å². The summed E-state index contributed by atoms with van der Waals surface area (Å²) in [6.45, 7) is 3.71. The third-order valence-electron chi connectivity index (χ3n) is 3.04. The fourth-order valence-electron chi connectivity index (χ4n) is 2.13. The van der Waals surface area contributed by atoms with Crippen LogP contribution in [-0.2, 0) is 0 Å². The Morgan fingerprint density at radius 2 is 2.25 bits per heavy atom. The van der Waals surface area contributed by atoms with Crippen molar-refractivity contribution in [2.45, 2.75) is 13.0 Å². The quantitative estimate of drug-likeness (QED) is 0.669. The molecule has 0 radical (unpaired) electrons. The van der Waals surface area contributed by atoms with Gasteiger partial charge in [0.1, 0.15) is 5.56 Å². The van der Waals surface area contributed by atoms with Crippen molar-refractivity contribution in [2.24, 2.45) is 0 Å². The molecule has 0 unspecified atom stereocenters. The molecule has 1 aliphatic rings. The number of amides is 1. The van der Waals surface area contributed by atoms with Gasteiger partial charge in [-0.25, -0.2) is 0 Å². The number of hydrogen-bond acceptors (Lipinski definition) is 4. The summed E-state index contributed by atoms with van der Waals surface area (Å²) in [6.07, 6.45) is 0. The van der Waals surface area contributed by atoms with Gasteiger partial charge in [0.15, 0.2) is 0 Å². The normalized spacial score (nSPS) is 18.3. The summed E-state index contributed by atoms with van der Waals surface area (Å²) in [6, 6.07) is 4.21. The number of halogens is 2. The smallest absolute Gasteiger partial charge is 0.282 e. The second-order valence-corrected chi connectivity index (χ2v) is 4.96. The number of nitrogens with zero attached hydrogens (tertiary/aromatic N) is 2. The van der Waals surface area contributed by atoms with Crippen LogP contribution in [0, 0.1) is 10.1 Å². The van der Waals surface area contributed by atoms with Gasteiger partial charge in [-0.15, -0.1) is 12.4 Å².